The number of aryl methyl sites for hydroxylation is 1. The summed E-state index contributed by atoms with van der Waals surface area (Å²) in [5, 5.41) is 7.32. The SMILES string of the molecule is COC[C@@](C)(NCc1noc(C)n1)c1ccccc1. The second-order valence-corrected chi connectivity index (χ2v) is 4.71. The highest BCUT2D eigenvalue weighted by Crippen LogP contribution is 2.21. The molecule has 5 nitrogen and oxygen atoms in total. The Kier molecular flexibility index (Phi) is 4.29. The number of nitrogens with one attached hydrogen (secondary N) is 1. The fourth-order valence-electron chi connectivity index (χ4n) is 2.02. The molecule has 0 aliphatic heterocycles. The van der Waals surface area contributed by atoms with Crippen LogP contribution in [0.3, 0.4) is 0 Å². The summed E-state index contributed by atoms with van der Waals surface area (Å²) in [6.07, 6.45) is 0. The van der Waals surface area contributed by atoms with Crippen LogP contribution in [-0.2, 0) is 16.8 Å². The van der Waals surface area contributed by atoms with E-state index in [-0.39, 0.29) is 5.54 Å². The molecule has 0 amide bonds. The van der Waals surface area contributed by atoms with E-state index in [9.17, 15) is 0 Å². The average Bonchev–Trinajstić information content (AvgIpc) is 2.84. The van der Waals surface area contributed by atoms with Gasteiger partial charge >= 0.3 is 0 Å². The third-order valence-electron chi connectivity index (χ3n) is 3.05. The first kappa shape index (κ1) is 13.7. The lowest BCUT2D eigenvalue weighted by molar-refractivity contribution is 0.116. The Balaban J connectivity index is 2.11. The van der Waals surface area contributed by atoms with Gasteiger partial charge < -0.3 is 9.26 Å². The number of hydrogen-bond acceptors (Lipinski definition) is 5. The zero-order valence-corrected chi connectivity index (χ0v) is 11.5. The summed E-state index contributed by atoms with van der Waals surface area (Å²) >= 11 is 0. The van der Waals surface area contributed by atoms with E-state index in [0.717, 1.165) is 5.56 Å². The third kappa shape index (κ3) is 3.39. The molecule has 1 heterocycles. The lowest BCUT2D eigenvalue weighted by Gasteiger charge is -2.30. The van der Waals surface area contributed by atoms with Gasteiger partial charge in [0.05, 0.1) is 18.7 Å². The monoisotopic (exact) mass is 261 g/mol. The van der Waals surface area contributed by atoms with Crippen LogP contribution in [-0.4, -0.2) is 23.9 Å². The van der Waals surface area contributed by atoms with Crippen LogP contribution in [0.5, 0.6) is 0 Å². The number of rotatable bonds is 6. The third-order valence-corrected chi connectivity index (χ3v) is 3.05. The van der Waals surface area contributed by atoms with Gasteiger partial charge in [-0.3, -0.25) is 5.32 Å². The summed E-state index contributed by atoms with van der Waals surface area (Å²) in [6.45, 7) is 4.97. The summed E-state index contributed by atoms with van der Waals surface area (Å²) in [7, 11) is 1.70. The quantitative estimate of drug-likeness (QED) is 0.862. The molecule has 2 aromatic rings. The van der Waals surface area contributed by atoms with Crippen molar-refractivity contribution in [2.75, 3.05) is 13.7 Å². The molecule has 0 aliphatic carbocycles. The zero-order chi connectivity index (χ0) is 13.7. The number of ether oxygens (including phenoxy) is 1. The Morgan fingerprint density at radius 1 is 1.32 bits per heavy atom. The van der Waals surface area contributed by atoms with Gasteiger partial charge in [0.1, 0.15) is 0 Å². The highest BCUT2D eigenvalue weighted by atomic mass is 16.5. The van der Waals surface area contributed by atoms with Crippen LogP contribution in [0.25, 0.3) is 0 Å². The lowest BCUT2D eigenvalue weighted by atomic mass is 9.93. The maximum absolute atomic E-state index is 5.33. The van der Waals surface area contributed by atoms with Crippen molar-refractivity contribution in [3.05, 3.63) is 47.6 Å². The van der Waals surface area contributed by atoms with Gasteiger partial charge in [-0.2, -0.15) is 4.98 Å². The van der Waals surface area contributed by atoms with Crippen molar-refractivity contribution in [3.63, 3.8) is 0 Å². The molecule has 1 atom stereocenters. The van der Waals surface area contributed by atoms with Crippen molar-refractivity contribution in [2.45, 2.75) is 25.9 Å². The van der Waals surface area contributed by atoms with Gasteiger partial charge in [0.25, 0.3) is 0 Å². The molecule has 1 N–H and O–H groups in total. The predicted molar refractivity (Wildman–Crippen MR) is 71.5 cm³/mol. The van der Waals surface area contributed by atoms with Crippen LogP contribution in [0.15, 0.2) is 34.9 Å². The summed E-state index contributed by atoms with van der Waals surface area (Å²) in [5.41, 5.74) is 0.877. The summed E-state index contributed by atoms with van der Waals surface area (Å²) in [4.78, 5) is 4.19. The minimum Gasteiger partial charge on any atom is -0.382 e. The van der Waals surface area contributed by atoms with E-state index in [4.69, 9.17) is 9.26 Å². The van der Waals surface area contributed by atoms with Gasteiger partial charge in [-0.05, 0) is 12.5 Å². The van der Waals surface area contributed by atoms with Gasteiger partial charge in [0.2, 0.25) is 5.89 Å². The van der Waals surface area contributed by atoms with Crippen LogP contribution in [0.2, 0.25) is 0 Å². The van der Waals surface area contributed by atoms with E-state index < -0.39 is 0 Å². The predicted octanol–water partition coefficient (Wildman–Crippen LogP) is 2.03. The average molecular weight is 261 g/mol. The maximum Gasteiger partial charge on any atom is 0.223 e. The molecule has 1 aromatic carbocycles. The summed E-state index contributed by atoms with van der Waals surface area (Å²) in [5.74, 6) is 1.22. The van der Waals surface area contributed by atoms with Crippen LogP contribution in [0.1, 0.15) is 24.2 Å². The molecule has 0 radical (unpaired) electrons. The van der Waals surface area contributed by atoms with Crippen LogP contribution in [0.4, 0.5) is 0 Å². The van der Waals surface area contributed by atoms with E-state index in [2.05, 4.69) is 34.5 Å². The first-order chi connectivity index (χ1) is 9.14. The molecule has 102 valence electrons. The molecule has 0 bridgehead atoms. The van der Waals surface area contributed by atoms with E-state index in [1.807, 2.05) is 18.2 Å². The van der Waals surface area contributed by atoms with Crippen molar-refractivity contribution in [2.24, 2.45) is 0 Å². The maximum atomic E-state index is 5.33. The number of benzene rings is 1. The molecule has 0 unspecified atom stereocenters. The lowest BCUT2D eigenvalue weighted by Crippen LogP contribution is -2.43. The first-order valence-corrected chi connectivity index (χ1v) is 6.23. The fraction of sp³-hybridized carbons (Fsp3) is 0.429. The minimum atomic E-state index is -0.287. The Labute approximate surface area is 113 Å². The van der Waals surface area contributed by atoms with E-state index in [0.29, 0.717) is 24.9 Å². The Morgan fingerprint density at radius 2 is 2.05 bits per heavy atom. The number of nitrogens with zero attached hydrogens (tertiary/aromatic N) is 2. The van der Waals surface area contributed by atoms with Crippen LogP contribution < -0.4 is 5.32 Å². The zero-order valence-electron chi connectivity index (χ0n) is 11.5. The molecule has 0 saturated carbocycles. The Hall–Kier alpha value is -1.72. The van der Waals surface area contributed by atoms with Gasteiger partial charge in [0, 0.05) is 14.0 Å². The van der Waals surface area contributed by atoms with Gasteiger partial charge in [-0.1, -0.05) is 35.5 Å². The first-order valence-electron chi connectivity index (χ1n) is 6.23. The Bertz CT molecular complexity index is 512. The van der Waals surface area contributed by atoms with Crippen molar-refractivity contribution in [1.29, 1.82) is 0 Å². The molecular formula is C14H19N3O2. The fourth-order valence-corrected chi connectivity index (χ4v) is 2.02. The molecule has 1 aromatic heterocycles. The number of aromatic nitrogens is 2. The normalized spacial score (nSPS) is 14.3. The molecule has 0 saturated heterocycles. The standard InChI is InChI=1S/C14H19N3O2/c1-11-16-13(17-19-11)9-15-14(2,10-18-3)12-7-5-4-6-8-12/h4-8,15H,9-10H2,1-3H3/t14-/m1/s1. The number of methoxy groups -OCH3 is 1. The topological polar surface area (TPSA) is 60.2 Å². The van der Waals surface area contributed by atoms with Crippen molar-refractivity contribution >= 4 is 0 Å². The van der Waals surface area contributed by atoms with Gasteiger partial charge in [-0.25, -0.2) is 0 Å². The Morgan fingerprint density at radius 3 is 2.63 bits per heavy atom. The van der Waals surface area contributed by atoms with Crippen molar-refractivity contribution in [3.8, 4) is 0 Å². The van der Waals surface area contributed by atoms with Crippen LogP contribution >= 0.6 is 0 Å². The molecule has 2 rings (SSSR count). The highest BCUT2D eigenvalue weighted by molar-refractivity contribution is 5.23. The summed E-state index contributed by atoms with van der Waals surface area (Å²) in [6, 6.07) is 10.2. The molecule has 0 spiro atoms. The van der Waals surface area contributed by atoms with Gasteiger partial charge in [-0.15, -0.1) is 0 Å². The van der Waals surface area contributed by atoms with E-state index >= 15 is 0 Å². The van der Waals surface area contributed by atoms with E-state index in [1.165, 1.54) is 0 Å². The molecule has 0 aliphatic rings. The van der Waals surface area contributed by atoms with Crippen LogP contribution in [0, 0.1) is 6.92 Å². The minimum absolute atomic E-state index is 0.287. The molecule has 19 heavy (non-hydrogen) atoms. The molecular weight excluding hydrogens is 242 g/mol. The van der Waals surface area contributed by atoms with Crippen molar-refractivity contribution < 1.29 is 9.26 Å². The highest BCUT2D eigenvalue weighted by Gasteiger charge is 2.26. The van der Waals surface area contributed by atoms with Crippen molar-refractivity contribution in [1.82, 2.24) is 15.5 Å². The second-order valence-electron chi connectivity index (χ2n) is 4.71. The summed E-state index contributed by atoms with van der Waals surface area (Å²) < 4.78 is 10.3. The number of hydrogen-bond donors (Lipinski definition) is 1. The van der Waals surface area contributed by atoms with E-state index in [1.54, 1.807) is 14.0 Å². The van der Waals surface area contributed by atoms with Gasteiger partial charge in [0.15, 0.2) is 5.82 Å². The smallest absolute Gasteiger partial charge is 0.223 e. The molecule has 0 fully saturated rings. The largest absolute Gasteiger partial charge is 0.382 e. The second kappa shape index (κ2) is 5.95. The molecule has 5 heteroatoms.